The van der Waals surface area contributed by atoms with Crippen molar-refractivity contribution in [2.24, 2.45) is 0 Å². The van der Waals surface area contributed by atoms with E-state index in [0.717, 1.165) is 24.3 Å². The molecular formula is C14H17ClN2OS. The minimum Gasteiger partial charge on any atom is -0.387 e. The van der Waals surface area contributed by atoms with Gasteiger partial charge in [0.05, 0.1) is 16.2 Å². The Morgan fingerprint density at radius 1 is 1.63 bits per heavy atom. The number of aliphatic hydroxyl groups is 1. The van der Waals surface area contributed by atoms with Gasteiger partial charge in [0.2, 0.25) is 0 Å². The van der Waals surface area contributed by atoms with Crippen LogP contribution in [0.3, 0.4) is 0 Å². The van der Waals surface area contributed by atoms with E-state index >= 15 is 0 Å². The molecule has 102 valence electrons. The average Bonchev–Trinajstić information content (AvgIpc) is 2.41. The SMILES string of the molecule is CCSC1CCC1(O)CNc1ccc(C#N)c(Cl)c1. The first-order chi connectivity index (χ1) is 9.09. The molecule has 1 aliphatic carbocycles. The number of hydrogen-bond acceptors (Lipinski definition) is 4. The Morgan fingerprint density at radius 2 is 2.42 bits per heavy atom. The molecule has 5 heteroatoms. The Balaban J connectivity index is 1.96. The van der Waals surface area contributed by atoms with Gasteiger partial charge in [-0.2, -0.15) is 17.0 Å². The van der Waals surface area contributed by atoms with Crippen LogP contribution in [0.4, 0.5) is 5.69 Å². The van der Waals surface area contributed by atoms with E-state index in [1.165, 1.54) is 0 Å². The number of halogens is 1. The monoisotopic (exact) mass is 296 g/mol. The van der Waals surface area contributed by atoms with Crippen molar-refractivity contribution in [2.75, 3.05) is 17.6 Å². The molecule has 0 saturated heterocycles. The van der Waals surface area contributed by atoms with E-state index in [1.54, 1.807) is 12.1 Å². The van der Waals surface area contributed by atoms with Crippen LogP contribution in [0.15, 0.2) is 18.2 Å². The quantitative estimate of drug-likeness (QED) is 0.875. The zero-order valence-electron chi connectivity index (χ0n) is 10.8. The van der Waals surface area contributed by atoms with E-state index in [0.29, 0.717) is 22.4 Å². The maximum atomic E-state index is 10.5. The highest BCUT2D eigenvalue weighted by Crippen LogP contribution is 2.41. The van der Waals surface area contributed by atoms with Crippen LogP contribution >= 0.6 is 23.4 Å². The van der Waals surface area contributed by atoms with Gasteiger partial charge in [-0.25, -0.2) is 0 Å². The van der Waals surface area contributed by atoms with Gasteiger partial charge in [0.1, 0.15) is 6.07 Å². The summed E-state index contributed by atoms with van der Waals surface area (Å²) in [5.74, 6) is 1.02. The summed E-state index contributed by atoms with van der Waals surface area (Å²) in [7, 11) is 0. The number of nitriles is 1. The molecule has 0 bridgehead atoms. The summed E-state index contributed by atoms with van der Waals surface area (Å²) in [4.78, 5) is 0. The highest BCUT2D eigenvalue weighted by molar-refractivity contribution is 8.00. The maximum absolute atomic E-state index is 10.5. The lowest BCUT2D eigenvalue weighted by Gasteiger charge is -2.45. The normalized spacial score (nSPS) is 25.5. The number of nitrogens with one attached hydrogen (secondary N) is 1. The van der Waals surface area contributed by atoms with E-state index in [9.17, 15) is 5.11 Å². The molecule has 1 fully saturated rings. The summed E-state index contributed by atoms with van der Waals surface area (Å²) >= 11 is 7.79. The van der Waals surface area contributed by atoms with Gasteiger partial charge in [-0.15, -0.1) is 0 Å². The highest BCUT2D eigenvalue weighted by Gasteiger charge is 2.44. The van der Waals surface area contributed by atoms with Crippen molar-refractivity contribution in [2.45, 2.75) is 30.6 Å². The third-order valence-electron chi connectivity index (χ3n) is 3.49. The summed E-state index contributed by atoms with van der Waals surface area (Å²) in [6, 6.07) is 7.26. The van der Waals surface area contributed by atoms with Crippen molar-refractivity contribution in [3.05, 3.63) is 28.8 Å². The van der Waals surface area contributed by atoms with Gasteiger partial charge >= 0.3 is 0 Å². The van der Waals surface area contributed by atoms with Crippen molar-refractivity contribution >= 4 is 29.1 Å². The summed E-state index contributed by atoms with van der Waals surface area (Å²) in [6.45, 7) is 2.63. The zero-order chi connectivity index (χ0) is 13.9. The van der Waals surface area contributed by atoms with Crippen molar-refractivity contribution in [1.29, 1.82) is 5.26 Å². The van der Waals surface area contributed by atoms with Gasteiger partial charge in [0, 0.05) is 17.5 Å². The number of nitrogens with zero attached hydrogens (tertiary/aromatic N) is 1. The van der Waals surface area contributed by atoms with Gasteiger partial charge in [0.15, 0.2) is 0 Å². The lowest BCUT2D eigenvalue weighted by atomic mass is 9.79. The first-order valence-corrected chi connectivity index (χ1v) is 7.79. The topological polar surface area (TPSA) is 56.0 Å². The van der Waals surface area contributed by atoms with Crippen molar-refractivity contribution in [3.63, 3.8) is 0 Å². The molecule has 0 radical (unpaired) electrons. The molecule has 2 unspecified atom stereocenters. The third-order valence-corrected chi connectivity index (χ3v) is 5.22. The van der Waals surface area contributed by atoms with Crippen molar-refractivity contribution < 1.29 is 5.11 Å². The fraction of sp³-hybridized carbons (Fsp3) is 0.500. The minimum atomic E-state index is -0.624. The van der Waals surface area contributed by atoms with Gasteiger partial charge < -0.3 is 10.4 Å². The van der Waals surface area contributed by atoms with Crippen LogP contribution in [0, 0.1) is 11.3 Å². The third kappa shape index (κ3) is 3.17. The van der Waals surface area contributed by atoms with E-state index < -0.39 is 5.60 Å². The number of rotatable bonds is 5. The van der Waals surface area contributed by atoms with Crippen LogP contribution in [0.1, 0.15) is 25.3 Å². The van der Waals surface area contributed by atoms with Crippen molar-refractivity contribution in [1.82, 2.24) is 0 Å². The highest BCUT2D eigenvalue weighted by atomic mass is 35.5. The second-order valence-electron chi connectivity index (χ2n) is 4.75. The van der Waals surface area contributed by atoms with Crippen LogP contribution in [-0.4, -0.2) is 28.3 Å². The minimum absolute atomic E-state index is 0.318. The molecule has 1 aliphatic rings. The van der Waals surface area contributed by atoms with Crippen LogP contribution in [-0.2, 0) is 0 Å². The Bertz CT molecular complexity index is 503. The second kappa shape index (κ2) is 6.04. The van der Waals surface area contributed by atoms with Gasteiger partial charge in [-0.05, 0) is 36.8 Å². The Kier molecular flexibility index (Phi) is 4.62. The lowest BCUT2D eigenvalue weighted by Crippen LogP contribution is -2.54. The summed E-state index contributed by atoms with van der Waals surface area (Å²) < 4.78 is 0. The van der Waals surface area contributed by atoms with E-state index in [2.05, 4.69) is 12.2 Å². The lowest BCUT2D eigenvalue weighted by molar-refractivity contribution is -0.0120. The molecule has 1 aromatic carbocycles. The zero-order valence-corrected chi connectivity index (χ0v) is 12.4. The molecule has 19 heavy (non-hydrogen) atoms. The molecular weight excluding hydrogens is 280 g/mol. The molecule has 1 saturated carbocycles. The molecule has 2 rings (SSSR count). The molecule has 0 aromatic heterocycles. The number of benzene rings is 1. The van der Waals surface area contributed by atoms with Gasteiger partial charge in [-0.1, -0.05) is 18.5 Å². The molecule has 0 aliphatic heterocycles. The number of hydrogen-bond donors (Lipinski definition) is 2. The molecule has 2 N–H and O–H groups in total. The first-order valence-electron chi connectivity index (χ1n) is 6.36. The summed E-state index contributed by atoms with van der Waals surface area (Å²) in [6.07, 6.45) is 1.91. The Labute approximate surface area is 123 Å². The average molecular weight is 297 g/mol. The predicted molar refractivity (Wildman–Crippen MR) is 80.8 cm³/mol. The Hall–Kier alpha value is -0.890. The predicted octanol–water partition coefficient (Wildman–Crippen LogP) is 3.27. The standard InChI is InChI=1S/C14H17ClN2OS/c1-2-19-13-5-6-14(13,18)9-17-11-4-3-10(8-16)12(15)7-11/h3-4,7,13,17-18H,2,5-6,9H2,1H3. The molecule has 2 atom stereocenters. The van der Waals surface area contributed by atoms with E-state index in [1.807, 2.05) is 23.9 Å². The molecule has 0 amide bonds. The van der Waals surface area contributed by atoms with Crippen LogP contribution in [0.5, 0.6) is 0 Å². The Morgan fingerprint density at radius 3 is 2.95 bits per heavy atom. The van der Waals surface area contributed by atoms with Crippen LogP contribution < -0.4 is 5.32 Å². The van der Waals surface area contributed by atoms with E-state index in [-0.39, 0.29) is 0 Å². The van der Waals surface area contributed by atoms with Crippen molar-refractivity contribution in [3.8, 4) is 6.07 Å². The fourth-order valence-corrected chi connectivity index (χ4v) is 3.63. The number of thioether (sulfide) groups is 1. The molecule has 3 nitrogen and oxygen atoms in total. The molecule has 0 spiro atoms. The summed E-state index contributed by atoms with van der Waals surface area (Å²) in [5, 5.41) is 23.2. The van der Waals surface area contributed by atoms with E-state index in [4.69, 9.17) is 16.9 Å². The van der Waals surface area contributed by atoms with Gasteiger partial charge in [-0.3, -0.25) is 0 Å². The summed E-state index contributed by atoms with van der Waals surface area (Å²) in [5.41, 5.74) is 0.680. The largest absolute Gasteiger partial charge is 0.387 e. The maximum Gasteiger partial charge on any atom is 0.101 e. The number of anilines is 1. The first kappa shape index (κ1) is 14.5. The second-order valence-corrected chi connectivity index (χ2v) is 6.63. The molecule has 1 aromatic rings. The smallest absolute Gasteiger partial charge is 0.101 e. The molecule has 0 heterocycles. The van der Waals surface area contributed by atoms with Crippen LogP contribution in [0.2, 0.25) is 5.02 Å². The van der Waals surface area contributed by atoms with Crippen LogP contribution in [0.25, 0.3) is 0 Å². The van der Waals surface area contributed by atoms with Gasteiger partial charge in [0.25, 0.3) is 0 Å². The fourth-order valence-electron chi connectivity index (χ4n) is 2.21.